The van der Waals surface area contributed by atoms with E-state index in [-0.39, 0.29) is 0 Å². The predicted octanol–water partition coefficient (Wildman–Crippen LogP) is 3.76. The van der Waals surface area contributed by atoms with Crippen molar-refractivity contribution in [3.05, 3.63) is 48.2 Å². The summed E-state index contributed by atoms with van der Waals surface area (Å²) in [5.74, 6) is 0. The third-order valence-corrected chi connectivity index (χ3v) is 2.87. The Morgan fingerprint density at radius 1 is 1.00 bits per heavy atom. The lowest BCUT2D eigenvalue weighted by Crippen LogP contribution is -2.06. The molecule has 1 aromatic carbocycles. The van der Waals surface area contributed by atoms with Gasteiger partial charge >= 0.3 is 0 Å². The molecule has 0 fully saturated rings. The van der Waals surface area contributed by atoms with E-state index < -0.39 is 0 Å². The molecule has 20 heavy (non-hydrogen) atoms. The Hall–Kier alpha value is -1.58. The molecule has 0 unspecified atom stereocenters. The summed E-state index contributed by atoms with van der Waals surface area (Å²) in [6, 6.07) is 8.30. The molecule has 0 heterocycles. The van der Waals surface area contributed by atoms with Crippen LogP contribution in [0.3, 0.4) is 0 Å². The largest absolute Gasteiger partial charge is 0.498 e. The molecular weight excluding hydrogens is 252 g/mol. The van der Waals surface area contributed by atoms with Crippen molar-refractivity contribution in [2.45, 2.75) is 13.8 Å². The number of hydrogen-bond acceptors (Lipinski definition) is 3. The molecule has 0 aliphatic carbocycles. The quantitative estimate of drug-likeness (QED) is 0.508. The van der Waals surface area contributed by atoms with Gasteiger partial charge in [0.05, 0.1) is 26.1 Å². The van der Waals surface area contributed by atoms with Crippen molar-refractivity contribution in [2.24, 2.45) is 0 Å². The van der Waals surface area contributed by atoms with Crippen LogP contribution in [-0.4, -0.2) is 33.5 Å². The Kier molecular flexibility index (Phi) is 7.70. The van der Waals surface area contributed by atoms with Crippen LogP contribution < -0.4 is 0 Å². The third kappa shape index (κ3) is 6.04. The minimum absolute atomic E-state index is 0.547. The molecule has 0 saturated heterocycles. The second-order valence-electron chi connectivity index (χ2n) is 4.63. The third-order valence-electron chi connectivity index (χ3n) is 2.87. The van der Waals surface area contributed by atoms with Gasteiger partial charge in [0.1, 0.15) is 6.61 Å². The van der Waals surface area contributed by atoms with Gasteiger partial charge in [-0.2, -0.15) is 0 Å². The molecule has 0 saturated carbocycles. The smallest absolute Gasteiger partial charge is 0.111 e. The van der Waals surface area contributed by atoms with Crippen LogP contribution in [0.2, 0.25) is 0 Å². The second kappa shape index (κ2) is 9.34. The zero-order chi connectivity index (χ0) is 14.8. The maximum Gasteiger partial charge on any atom is 0.111 e. The van der Waals surface area contributed by atoms with Crippen molar-refractivity contribution in [3.8, 4) is 0 Å². The lowest BCUT2D eigenvalue weighted by Gasteiger charge is -2.06. The molecule has 0 radical (unpaired) electrons. The first kappa shape index (κ1) is 16.5. The van der Waals surface area contributed by atoms with Gasteiger partial charge in [-0.05, 0) is 30.5 Å². The van der Waals surface area contributed by atoms with E-state index in [4.69, 9.17) is 14.2 Å². The Morgan fingerprint density at radius 3 is 2.20 bits per heavy atom. The van der Waals surface area contributed by atoms with Gasteiger partial charge in [0.15, 0.2) is 0 Å². The fourth-order valence-electron chi connectivity index (χ4n) is 1.62. The molecule has 0 N–H and O–H groups in total. The molecule has 3 nitrogen and oxygen atoms in total. The maximum absolute atomic E-state index is 5.46. The summed E-state index contributed by atoms with van der Waals surface area (Å²) in [6.45, 7) is 10.3. The highest BCUT2D eigenvalue weighted by Crippen LogP contribution is 2.17. The molecule has 1 rings (SSSR count). The Labute approximate surface area is 121 Å². The molecule has 0 aliphatic heterocycles. The highest BCUT2D eigenvalue weighted by Gasteiger charge is 1.98. The molecule has 0 aromatic heterocycles. The normalized spacial score (nSPS) is 11.4. The summed E-state index contributed by atoms with van der Waals surface area (Å²) in [5.41, 5.74) is 4.47. The summed E-state index contributed by atoms with van der Waals surface area (Å²) >= 11 is 0. The Morgan fingerprint density at radius 2 is 1.60 bits per heavy atom. The number of hydrogen-bond donors (Lipinski definition) is 0. The summed E-state index contributed by atoms with van der Waals surface area (Å²) in [6.07, 6.45) is 1.77. The second-order valence-corrected chi connectivity index (χ2v) is 4.63. The van der Waals surface area contributed by atoms with Gasteiger partial charge in [0.2, 0.25) is 0 Å². The van der Waals surface area contributed by atoms with E-state index in [1.807, 2.05) is 13.8 Å². The summed E-state index contributed by atoms with van der Waals surface area (Å²) in [4.78, 5) is 0. The molecule has 1 aromatic rings. The van der Waals surface area contributed by atoms with Crippen molar-refractivity contribution in [2.75, 3.05) is 33.5 Å². The van der Waals surface area contributed by atoms with Crippen LogP contribution in [-0.2, 0) is 14.2 Å². The number of ether oxygens (including phenoxy) is 3. The molecule has 0 atom stereocenters. The molecule has 0 amide bonds. The first-order valence-corrected chi connectivity index (χ1v) is 6.76. The van der Waals surface area contributed by atoms with E-state index in [1.165, 1.54) is 0 Å². The van der Waals surface area contributed by atoms with E-state index in [0.29, 0.717) is 26.4 Å². The van der Waals surface area contributed by atoms with E-state index in [2.05, 4.69) is 30.8 Å². The minimum Gasteiger partial charge on any atom is -0.498 e. The van der Waals surface area contributed by atoms with Gasteiger partial charge in [0, 0.05) is 7.11 Å². The van der Waals surface area contributed by atoms with Crippen LogP contribution in [0.1, 0.15) is 25.0 Å². The van der Waals surface area contributed by atoms with Gasteiger partial charge in [0.25, 0.3) is 0 Å². The van der Waals surface area contributed by atoms with Gasteiger partial charge in [-0.15, -0.1) is 0 Å². The number of methoxy groups -OCH3 is 1. The topological polar surface area (TPSA) is 27.7 Å². The van der Waals surface area contributed by atoms with E-state index >= 15 is 0 Å². The van der Waals surface area contributed by atoms with E-state index in [9.17, 15) is 0 Å². The molecule has 0 aliphatic rings. The van der Waals surface area contributed by atoms with Crippen LogP contribution in [0.25, 0.3) is 11.1 Å². The molecular formula is C17H24O3. The average Bonchev–Trinajstić information content (AvgIpc) is 2.46. The zero-order valence-electron chi connectivity index (χ0n) is 12.6. The first-order chi connectivity index (χ1) is 9.65. The molecule has 3 heteroatoms. The first-order valence-electron chi connectivity index (χ1n) is 6.76. The summed E-state index contributed by atoms with van der Waals surface area (Å²) in [5, 5.41) is 0. The fraction of sp³-hybridized carbons (Fsp3) is 0.412. The van der Waals surface area contributed by atoms with Gasteiger partial charge in [-0.1, -0.05) is 36.4 Å². The zero-order valence-corrected chi connectivity index (χ0v) is 12.6. The molecule has 0 bridgehead atoms. The molecule has 110 valence electrons. The summed E-state index contributed by atoms with van der Waals surface area (Å²) in [7, 11) is 1.66. The van der Waals surface area contributed by atoms with Crippen molar-refractivity contribution >= 4 is 11.1 Å². The monoisotopic (exact) mass is 276 g/mol. The van der Waals surface area contributed by atoms with Crippen molar-refractivity contribution in [1.82, 2.24) is 0 Å². The van der Waals surface area contributed by atoms with Crippen LogP contribution in [0.15, 0.2) is 37.1 Å². The van der Waals surface area contributed by atoms with Crippen LogP contribution in [0.4, 0.5) is 0 Å². The SMILES string of the molecule is C=C(C)c1ccc(/C(C)=C/OCCOCCOC)cc1. The van der Waals surface area contributed by atoms with Gasteiger partial charge < -0.3 is 14.2 Å². The summed E-state index contributed by atoms with van der Waals surface area (Å²) < 4.78 is 15.7. The lowest BCUT2D eigenvalue weighted by molar-refractivity contribution is 0.0465. The highest BCUT2D eigenvalue weighted by molar-refractivity contribution is 5.67. The van der Waals surface area contributed by atoms with Gasteiger partial charge in [-0.3, -0.25) is 0 Å². The Bertz CT molecular complexity index is 432. The average molecular weight is 276 g/mol. The highest BCUT2D eigenvalue weighted by atomic mass is 16.5. The van der Waals surface area contributed by atoms with E-state index in [1.54, 1.807) is 13.4 Å². The minimum atomic E-state index is 0.547. The predicted molar refractivity (Wildman–Crippen MR) is 83.4 cm³/mol. The number of allylic oxidation sites excluding steroid dienone is 2. The van der Waals surface area contributed by atoms with Crippen molar-refractivity contribution in [1.29, 1.82) is 0 Å². The fourth-order valence-corrected chi connectivity index (χ4v) is 1.62. The number of rotatable bonds is 9. The van der Waals surface area contributed by atoms with Crippen molar-refractivity contribution < 1.29 is 14.2 Å². The van der Waals surface area contributed by atoms with E-state index in [0.717, 1.165) is 22.3 Å². The van der Waals surface area contributed by atoms with Crippen LogP contribution >= 0.6 is 0 Å². The Balaban J connectivity index is 2.35. The van der Waals surface area contributed by atoms with Gasteiger partial charge in [-0.25, -0.2) is 0 Å². The maximum atomic E-state index is 5.46. The standard InChI is InChI=1S/C17H24O3/c1-14(2)16-5-7-17(8-6-16)15(3)13-20-12-11-19-10-9-18-4/h5-8,13H,1,9-12H2,2-4H3/b15-13+. The van der Waals surface area contributed by atoms with Crippen LogP contribution in [0.5, 0.6) is 0 Å². The molecule has 0 spiro atoms. The number of benzene rings is 1. The lowest BCUT2D eigenvalue weighted by atomic mass is 10.0. The van der Waals surface area contributed by atoms with Crippen molar-refractivity contribution in [3.63, 3.8) is 0 Å². The van der Waals surface area contributed by atoms with Crippen LogP contribution in [0, 0.1) is 0 Å².